The molecule has 0 atom stereocenters. The molecule has 0 bridgehead atoms. The molecule has 0 radical (unpaired) electrons. The highest BCUT2D eigenvalue weighted by Crippen LogP contribution is 2.47. The van der Waals surface area contributed by atoms with Gasteiger partial charge in [-0.1, -0.05) is 6.07 Å². The first kappa shape index (κ1) is 19.2. The molecule has 3 heterocycles. The predicted octanol–water partition coefficient (Wildman–Crippen LogP) is 3.21. The smallest absolute Gasteiger partial charge is 0.268 e. The van der Waals surface area contributed by atoms with E-state index >= 15 is 0 Å². The lowest BCUT2D eigenvalue weighted by Gasteiger charge is -2.15. The third-order valence-electron chi connectivity index (χ3n) is 5.65. The van der Waals surface area contributed by atoms with Crippen LogP contribution in [0.25, 0.3) is 10.5 Å². The number of anilines is 2. The normalized spacial score (nSPS) is 14.7. The number of aromatic nitrogens is 4. The van der Waals surface area contributed by atoms with Crippen LogP contribution in [0, 0.1) is 20.4 Å². The zero-order chi connectivity index (χ0) is 20.6. The second kappa shape index (κ2) is 7.33. The van der Waals surface area contributed by atoms with Crippen molar-refractivity contribution in [1.82, 2.24) is 19.6 Å². The van der Waals surface area contributed by atoms with Crippen LogP contribution in [0.2, 0.25) is 0 Å². The van der Waals surface area contributed by atoms with Crippen LogP contribution in [0.5, 0.6) is 0 Å². The standard InChI is InChI=1S/C21H25N7O/c1-13-14(2)27-28-18(22)17(23-3)19(26-20(13)28)24-11-8-15-6-5-7-16(25-15)21(9-10-21)12-29-4/h5-7H,8-12,22H2,1-2,4H3,(H,24,26). The third kappa shape index (κ3) is 3.38. The Bertz CT molecular complexity index is 1110. The Morgan fingerprint density at radius 2 is 2.10 bits per heavy atom. The molecule has 1 aliphatic rings. The van der Waals surface area contributed by atoms with Gasteiger partial charge in [-0.2, -0.15) is 5.10 Å². The minimum atomic E-state index is 0.0912. The maximum Gasteiger partial charge on any atom is 0.268 e. The zero-order valence-electron chi connectivity index (χ0n) is 17.0. The molecule has 29 heavy (non-hydrogen) atoms. The van der Waals surface area contributed by atoms with E-state index in [0.717, 1.165) is 41.9 Å². The average molecular weight is 391 g/mol. The van der Waals surface area contributed by atoms with Crippen molar-refractivity contribution in [1.29, 1.82) is 0 Å². The van der Waals surface area contributed by atoms with E-state index in [1.54, 1.807) is 11.6 Å². The highest BCUT2D eigenvalue weighted by molar-refractivity contribution is 5.80. The Hall–Kier alpha value is -3.18. The van der Waals surface area contributed by atoms with Crippen molar-refractivity contribution in [2.75, 3.05) is 31.3 Å². The summed E-state index contributed by atoms with van der Waals surface area (Å²) in [5.41, 5.74) is 11.2. The van der Waals surface area contributed by atoms with Gasteiger partial charge in [-0.05, 0) is 38.8 Å². The number of hydrogen-bond donors (Lipinski definition) is 2. The molecule has 8 nitrogen and oxygen atoms in total. The number of rotatable bonds is 7. The molecule has 3 aromatic heterocycles. The lowest BCUT2D eigenvalue weighted by atomic mass is 10.0. The Morgan fingerprint density at radius 1 is 1.31 bits per heavy atom. The summed E-state index contributed by atoms with van der Waals surface area (Å²) in [6.45, 7) is 12.7. The maximum atomic E-state index is 7.50. The van der Waals surface area contributed by atoms with E-state index in [0.29, 0.717) is 36.1 Å². The first-order chi connectivity index (χ1) is 14.0. The number of nitrogens with two attached hydrogens (primary N) is 1. The number of pyridine rings is 1. The molecule has 0 spiro atoms. The highest BCUT2D eigenvalue weighted by atomic mass is 16.5. The second-order valence-electron chi connectivity index (χ2n) is 7.66. The summed E-state index contributed by atoms with van der Waals surface area (Å²) in [5.74, 6) is 0.793. The third-order valence-corrected chi connectivity index (χ3v) is 5.65. The molecule has 150 valence electrons. The molecular formula is C21H25N7O. The second-order valence-corrected chi connectivity index (χ2v) is 7.66. The van der Waals surface area contributed by atoms with Crippen molar-refractivity contribution in [3.63, 3.8) is 0 Å². The summed E-state index contributed by atoms with van der Waals surface area (Å²) in [7, 11) is 1.74. The fraction of sp³-hybridized carbons (Fsp3) is 0.429. The Kier molecular flexibility index (Phi) is 4.84. The van der Waals surface area contributed by atoms with Crippen LogP contribution in [-0.4, -0.2) is 39.8 Å². The van der Waals surface area contributed by atoms with Crippen LogP contribution in [0.3, 0.4) is 0 Å². The van der Waals surface area contributed by atoms with Crippen molar-refractivity contribution in [3.8, 4) is 0 Å². The molecule has 3 aromatic rings. The predicted molar refractivity (Wildman–Crippen MR) is 112 cm³/mol. The molecule has 0 aromatic carbocycles. The van der Waals surface area contributed by atoms with E-state index in [-0.39, 0.29) is 5.41 Å². The Labute approximate surface area is 169 Å². The topological polar surface area (TPSA) is 94.7 Å². The van der Waals surface area contributed by atoms with E-state index in [1.165, 1.54) is 0 Å². The zero-order valence-corrected chi connectivity index (χ0v) is 17.0. The van der Waals surface area contributed by atoms with E-state index in [2.05, 4.69) is 32.4 Å². The van der Waals surface area contributed by atoms with Crippen molar-refractivity contribution in [2.24, 2.45) is 0 Å². The number of ether oxygens (including phenoxy) is 1. The van der Waals surface area contributed by atoms with Crippen LogP contribution < -0.4 is 11.1 Å². The quantitative estimate of drug-likeness (QED) is 0.601. The van der Waals surface area contributed by atoms with Crippen LogP contribution >= 0.6 is 0 Å². The van der Waals surface area contributed by atoms with E-state index in [9.17, 15) is 0 Å². The number of methoxy groups -OCH3 is 1. The molecule has 3 N–H and O–H groups in total. The van der Waals surface area contributed by atoms with Gasteiger partial charge in [0, 0.05) is 42.4 Å². The lowest BCUT2D eigenvalue weighted by Crippen LogP contribution is -2.17. The minimum absolute atomic E-state index is 0.0912. The summed E-state index contributed by atoms with van der Waals surface area (Å²) < 4.78 is 6.92. The summed E-state index contributed by atoms with van der Waals surface area (Å²) in [4.78, 5) is 13.0. The van der Waals surface area contributed by atoms with Gasteiger partial charge in [-0.15, -0.1) is 0 Å². The van der Waals surface area contributed by atoms with Crippen molar-refractivity contribution in [2.45, 2.75) is 38.5 Å². The molecule has 8 heteroatoms. The summed E-state index contributed by atoms with van der Waals surface area (Å²) in [6.07, 6.45) is 2.97. The summed E-state index contributed by atoms with van der Waals surface area (Å²) in [5, 5.41) is 7.65. The van der Waals surface area contributed by atoms with Gasteiger partial charge in [0.2, 0.25) is 0 Å². The first-order valence-corrected chi connectivity index (χ1v) is 9.71. The Balaban J connectivity index is 1.52. The van der Waals surface area contributed by atoms with Crippen molar-refractivity contribution < 1.29 is 4.74 Å². The average Bonchev–Trinajstić information content (AvgIpc) is 3.44. The molecule has 0 aliphatic heterocycles. The minimum Gasteiger partial charge on any atom is -0.392 e. The number of nitrogens with one attached hydrogen (secondary N) is 1. The number of hydrogen-bond acceptors (Lipinski definition) is 6. The number of aryl methyl sites for hydroxylation is 2. The molecule has 1 aliphatic carbocycles. The summed E-state index contributed by atoms with van der Waals surface area (Å²) in [6, 6.07) is 6.17. The molecule has 1 fully saturated rings. The number of nitrogens with zero attached hydrogens (tertiary/aromatic N) is 5. The van der Waals surface area contributed by atoms with Gasteiger partial charge in [0.15, 0.2) is 5.65 Å². The van der Waals surface area contributed by atoms with Crippen molar-refractivity contribution >= 4 is 23.0 Å². The number of nitrogen functional groups attached to an aromatic ring is 1. The van der Waals surface area contributed by atoms with Gasteiger partial charge < -0.3 is 15.8 Å². The fourth-order valence-corrected chi connectivity index (χ4v) is 3.63. The van der Waals surface area contributed by atoms with Crippen LogP contribution in [0.1, 0.15) is 35.5 Å². The van der Waals surface area contributed by atoms with E-state index in [1.807, 2.05) is 19.9 Å². The largest absolute Gasteiger partial charge is 0.392 e. The van der Waals surface area contributed by atoms with Gasteiger partial charge in [0.1, 0.15) is 11.6 Å². The molecule has 0 unspecified atom stereocenters. The van der Waals surface area contributed by atoms with Gasteiger partial charge in [-0.25, -0.2) is 14.3 Å². The Morgan fingerprint density at radius 3 is 2.79 bits per heavy atom. The maximum absolute atomic E-state index is 7.50. The van der Waals surface area contributed by atoms with Crippen molar-refractivity contribution in [3.05, 3.63) is 52.3 Å². The molecular weight excluding hydrogens is 366 g/mol. The highest BCUT2D eigenvalue weighted by Gasteiger charge is 2.45. The van der Waals surface area contributed by atoms with Gasteiger partial charge >= 0.3 is 0 Å². The number of fused-ring (bicyclic) bond motifs is 1. The van der Waals surface area contributed by atoms with E-state index < -0.39 is 0 Å². The molecule has 4 rings (SSSR count). The molecule has 0 amide bonds. The van der Waals surface area contributed by atoms with Crippen LogP contribution in [0.15, 0.2) is 18.2 Å². The SMILES string of the molecule is [C-]#[N+]c1c(NCCc2cccc(C3(COC)CC3)n2)nc2c(C)c(C)nn2c1N. The molecule has 0 saturated heterocycles. The lowest BCUT2D eigenvalue weighted by molar-refractivity contribution is 0.170. The first-order valence-electron chi connectivity index (χ1n) is 9.71. The van der Waals surface area contributed by atoms with Crippen LogP contribution in [-0.2, 0) is 16.6 Å². The van der Waals surface area contributed by atoms with Crippen LogP contribution in [0.4, 0.5) is 17.3 Å². The summed E-state index contributed by atoms with van der Waals surface area (Å²) >= 11 is 0. The molecule has 1 saturated carbocycles. The van der Waals surface area contributed by atoms with Gasteiger partial charge in [0.25, 0.3) is 5.69 Å². The van der Waals surface area contributed by atoms with Gasteiger partial charge in [-0.3, -0.25) is 4.98 Å². The fourth-order valence-electron chi connectivity index (χ4n) is 3.63. The van der Waals surface area contributed by atoms with E-state index in [4.69, 9.17) is 22.0 Å². The van der Waals surface area contributed by atoms with Gasteiger partial charge in [0.05, 0.1) is 18.9 Å². The monoisotopic (exact) mass is 391 g/mol.